The van der Waals surface area contributed by atoms with E-state index in [9.17, 15) is 0 Å². The predicted octanol–water partition coefficient (Wildman–Crippen LogP) is 2.82. The van der Waals surface area contributed by atoms with Crippen LogP contribution < -0.4 is 4.74 Å². The monoisotopic (exact) mass is 301 g/mol. The van der Waals surface area contributed by atoms with Gasteiger partial charge in [-0.25, -0.2) is 9.50 Å². The van der Waals surface area contributed by atoms with E-state index >= 15 is 0 Å². The third-order valence-electron chi connectivity index (χ3n) is 3.79. The zero-order chi connectivity index (χ0) is 15.8. The molecule has 0 bridgehead atoms. The van der Waals surface area contributed by atoms with Crippen LogP contribution in [-0.2, 0) is 0 Å². The van der Waals surface area contributed by atoms with Gasteiger partial charge in [-0.05, 0) is 29.1 Å². The highest BCUT2D eigenvalue weighted by molar-refractivity contribution is 5.99. The van der Waals surface area contributed by atoms with E-state index in [-0.39, 0.29) is 0 Å². The van der Waals surface area contributed by atoms with E-state index in [1.165, 1.54) is 6.20 Å². The van der Waals surface area contributed by atoms with Gasteiger partial charge in [-0.3, -0.25) is 4.98 Å². The molecular weight excluding hydrogens is 290 g/mol. The molecule has 4 rings (SSSR count). The molecule has 6 nitrogen and oxygen atoms in total. The molecule has 3 aromatic heterocycles. The number of fused-ring (bicyclic) bond motifs is 2. The highest BCUT2D eigenvalue weighted by atomic mass is 16.5. The first-order valence-electron chi connectivity index (χ1n) is 6.96. The summed E-state index contributed by atoms with van der Waals surface area (Å²) < 4.78 is 7.01. The van der Waals surface area contributed by atoms with E-state index in [1.54, 1.807) is 30.2 Å². The van der Waals surface area contributed by atoms with E-state index in [0.717, 1.165) is 27.6 Å². The van der Waals surface area contributed by atoms with Crippen LogP contribution in [0, 0.1) is 11.3 Å². The van der Waals surface area contributed by atoms with Crippen LogP contribution in [0.2, 0.25) is 0 Å². The fraction of sp³-hybridized carbons (Fsp3) is 0.0588. The third kappa shape index (κ3) is 1.99. The standard InChI is InChI=1S/C17H11N5O/c1-23-16-3-2-13(14-4-5-19-9-15(14)16)12-7-20-17-11(6-18)8-21-22(17)10-12/h2-5,7-10H,1H3. The summed E-state index contributed by atoms with van der Waals surface area (Å²) in [5.41, 5.74) is 2.92. The van der Waals surface area contributed by atoms with E-state index in [1.807, 2.05) is 24.4 Å². The Morgan fingerprint density at radius 1 is 1.13 bits per heavy atom. The van der Waals surface area contributed by atoms with Crippen LogP contribution in [0.1, 0.15) is 5.56 Å². The average molecular weight is 301 g/mol. The predicted molar refractivity (Wildman–Crippen MR) is 85.0 cm³/mol. The lowest BCUT2D eigenvalue weighted by molar-refractivity contribution is 0.420. The average Bonchev–Trinajstić information content (AvgIpc) is 3.03. The molecule has 0 aliphatic rings. The Kier molecular flexibility index (Phi) is 2.91. The van der Waals surface area contributed by atoms with Crippen LogP contribution in [0.4, 0.5) is 0 Å². The molecule has 0 fully saturated rings. The molecule has 6 heteroatoms. The van der Waals surface area contributed by atoms with Crippen LogP contribution in [0.5, 0.6) is 5.75 Å². The minimum Gasteiger partial charge on any atom is -0.496 e. The fourth-order valence-corrected chi connectivity index (χ4v) is 2.69. The van der Waals surface area contributed by atoms with Gasteiger partial charge in [-0.1, -0.05) is 0 Å². The Hall–Kier alpha value is -3.46. The fourth-order valence-electron chi connectivity index (χ4n) is 2.69. The molecule has 0 unspecified atom stereocenters. The van der Waals surface area contributed by atoms with Gasteiger partial charge in [0.1, 0.15) is 17.4 Å². The Morgan fingerprint density at radius 3 is 2.87 bits per heavy atom. The Labute approximate surface area is 131 Å². The molecule has 0 atom stereocenters. The summed E-state index contributed by atoms with van der Waals surface area (Å²) in [6, 6.07) is 7.92. The lowest BCUT2D eigenvalue weighted by Crippen LogP contribution is -1.94. The Balaban J connectivity index is 1.98. The number of ether oxygens (including phenoxy) is 1. The minimum absolute atomic E-state index is 0.459. The van der Waals surface area contributed by atoms with Gasteiger partial charge in [-0.2, -0.15) is 10.4 Å². The number of nitriles is 1. The number of hydrogen-bond donors (Lipinski definition) is 0. The Bertz CT molecular complexity index is 1080. The molecule has 4 aromatic rings. The van der Waals surface area contributed by atoms with Crippen molar-refractivity contribution >= 4 is 16.4 Å². The maximum absolute atomic E-state index is 9.05. The second-order valence-electron chi connectivity index (χ2n) is 5.02. The normalized spacial score (nSPS) is 10.8. The second kappa shape index (κ2) is 5.07. The zero-order valence-corrected chi connectivity index (χ0v) is 12.3. The van der Waals surface area contributed by atoms with E-state index in [4.69, 9.17) is 10.00 Å². The van der Waals surface area contributed by atoms with E-state index in [0.29, 0.717) is 11.2 Å². The summed E-state index contributed by atoms with van der Waals surface area (Å²) >= 11 is 0. The van der Waals surface area contributed by atoms with E-state index < -0.39 is 0 Å². The van der Waals surface area contributed by atoms with Crippen molar-refractivity contribution in [3.63, 3.8) is 0 Å². The number of nitrogens with zero attached hydrogens (tertiary/aromatic N) is 5. The Morgan fingerprint density at radius 2 is 2.04 bits per heavy atom. The van der Waals surface area contributed by atoms with Crippen molar-refractivity contribution in [2.24, 2.45) is 0 Å². The van der Waals surface area contributed by atoms with Crippen molar-refractivity contribution in [2.45, 2.75) is 0 Å². The quantitative estimate of drug-likeness (QED) is 0.569. The van der Waals surface area contributed by atoms with E-state index in [2.05, 4.69) is 21.1 Å². The summed E-state index contributed by atoms with van der Waals surface area (Å²) in [6.07, 6.45) is 8.66. The number of methoxy groups -OCH3 is 1. The summed E-state index contributed by atoms with van der Waals surface area (Å²) in [5, 5.41) is 15.2. The molecule has 1 aromatic carbocycles. The summed E-state index contributed by atoms with van der Waals surface area (Å²) in [6.45, 7) is 0. The first-order valence-corrected chi connectivity index (χ1v) is 6.96. The molecule has 0 amide bonds. The van der Waals surface area contributed by atoms with Crippen LogP contribution in [0.25, 0.3) is 27.5 Å². The molecule has 23 heavy (non-hydrogen) atoms. The molecule has 0 radical (unpaired) electrons. The van der Waals surface area contributed by atoms with Gasteiger partial charge < -0.3 is 4.74 Å². The number of hydrogen-bond acceptors (Lipinski definition) is 5. The van der Waals surface area contributed by atoms with Crippen molar-refractivity contribution in [3.8, 4) is 22.9 Å². The smallest absolute Gasteiger partial charge is 0.172 e. The summed E-state index contributed by atoms with van der Waals surface area (Å²) in [7, 11) is 1.64. The number of pyridine rings is 1. The SMILES string of the molecule is COc1ccc(-c2cnc3c(C#N)cnn3c2)c2ccncc12. The maximum Gasteiger partial charge on any atom is 0.172 e. The maximum atomic E-state index is 9.05. The van der Waals surface area contributed by atoms with Gasteiger partial charge in [0.2, 0.25) is 0 Å². The molecule has 0 aliphatic carbocycles. The topological polar surface area (TPSA) is 76.1 Å². The lowest BCUT2D eigenvalue weighted by atomic mass is 10.0. The second-order valence-corrected chi connectivity index (χ2v) is 5.02. The molecule has 0 saturated heterocycles. The third-order valence-corrected chi connectivity index (χ3v) is 3.79. The summed E-state index contributed by atoms with van der Waals surface area (Å²) in [5.74, 6) is 0.775. The number of benzene rings is 1. The zero-order valence-electron chi connectivity index (χ0n) is 12.3. The lowest BCUT2D eigenvalue weighted by Gasteiger charge is -2.10. The van der Waals surface area contributed by atoms with Crippen LogP contribution in [0.3, 0.4) is 0 Å². The van der Waals surface area contributed by atoms with Crippen LogP contribution >= 0.6 is 0 Å². The van der Waals surface area contributed by atoms with Crippen molar-refractivity contribution < 1.29 is 4.74 Å². The molecule has 110 valence electrons. The van der Waals surface area contributed by atoms with Gasteiger partial charge in [-0.15, -0.1) is 0 Å². The molecule has 0 N–H and O–H groups in total. The van der Waals surface area contributed by atoms with Gasteiger partial charge >= 0.3 is 0 Å². The highest BCUT2D eigenvalue weighted by Crippen LogP contribution is 2.33. The van der Waals surface area contributed by atoms with Crippen molar-refractivity contribution in [3.05, 3.63) is 54.7 Å². The minimum atomic E-state index is 0.459. The van der Waals surface area contributed by atoms with Gasteiger partial charge in [0.05, 0.1) is 13.3 Å². The number of rotatable bonds is 2. The molecular formula is C17H11N5O. The molecule has 0 aliphatic heterocycles. The van der Waals surface area contributed by atoms with Gasteiger partial charge in [0.25, 0.3) is 0 Å². The number of aromatic nitrogens is 4. The van der Waals surface area contributed by atoms with Crippen LogP contribution in [-0.4, -0.2) is 26.7 Å². The molecule has 0 spiro atoms. The first kappa shape index (κ1) is 13.2. The largest absolute Gasteiger partial charge is 0.496 e. The van der Waals surface area contributed by atoms with Crippen molar-refractivity contribution in [1.29, 1.82) is 5.26 Å². The highest BCUT2D eigenvalue weighted by Gasteiger charge is 2.11. The van der Waals surface area contributed by atoms with Gasteiger partial charge in [0.15, 0.2) is 5.65 Å². The van der Waals surface area contributed by atoms with Crippen LogP contribution in [0.15, 0.2) is 49.2 Å². The van der Waals surface area contributed by atoms with Crippen molar-refractivity contribution in [1.82, 2.24) is 19.6 Å². The van der Waals surface area contributed by atoms with Gasteiger partial charge in [0, 0.05) is 35.7 Å². The first-order chi connectivity index (χ1) is 11.3. The van der Waals surface area contributed by atoms with Crippen molar-refractivity contribution in [2.75, 3.05) is 7.11 Å². The summed E-state index contributed by atoms with van der Waals surface area (Å²) in [4.78, 5) is 8.54. The molecule has 0 saturated carbocycles. The molecule has 3 heterocycles.